The van der Waals surface area contributed by atoms with Gasteiger partial charge in [-0.15, -0.1) is 0 Å². The molecule has 7 nitrogen and oxygen atoms in total. The van der Waals surface area contributed by atoms with Crippen molar-refractivity contribution in [3.63, 3.8) is 0 Å². The number of aromatic hydroxyl groups is 1. The third-order valence-electron chi connectivity index (χ3n) is 3.45. The second-order valence-electron chi connectivity index (χ2n) is 5.56. The maximum absolute atomic E-state index is 11.9. The standard InChI is InChI=1S/C18H15ClN4O3S3/c19-14-4-2-1-3-12(14)9-27-17-22-23-18(29-17)28-10-16(26)21-20-8-11-5-6-13(24)7-15(11)25/h1-8,24-25H,9-10H2,(H,21,26). The Labute approximate surface area is 184 Å². The summed E-state index contributed by atoms with van der Waals surface area (Å²) >= 11 is 10.5. The summed E-state index contributed by atoms with van der Waals surface area (Å²) in [4.78, 5) is 11.9. The Balaban J connectivity index is 1.43. The zero-order valence-corrected chi connectivity index (χ0v) is 18.0. The van der Waals surface area contributed by atoms with Crippen molar-refractivity contribution in [3.05, 3.63) is 58.6 Å². The lowest BCUT2D eigenvalue weighted by atomic mass is 10.2. The summed E-state index contributed by atoms with van der Waals surface area (Å²) in [5.41, 5.74) is 3.67. The zero-order valence-electron chi connectivity index (χ0n) is 14.8. The quantitative estimate of drug-likeness (QED) is 0.300. The van der Waals surface area contributed by atoms with Gasteiger partial charge in [-0.3, -0.25) is 4.79 Å². The third kappa shape index (κ3) is 6.64. The molecule has 1 heterocycles. The number of hydrazone groups is 1. The Bertz CT molecular complexity index is 1030. The van der Waals surface area contributed by atoms with E-state index in [0.717, 1.165) is 31.1 Å². The molecule has 2 aromatic carbocycles. The number of hydrogen-bond acceptors (Lipinski definition) is 8. The molecule has 0 saturated carbocycles. The number of aromatic nitrogens is 2. The number of aromatic amines is 1. The smallest absolute Gasteiger partial charge is 0.323 e. The monoisotopic (exact) mass is 466 g/mol. The minimum Gasteiger partial charge on any atom is -0.872 e. The van der Waals surface area contributed by atoms with Crippen LogP contribution in [0.2, 0.25) is 5.02 Å². The Morgan fingerprint density at radius 3 is 2.97 bits per heavy atom. The predicted molar refractivity (Wildman–Crippen MR) is 114 cm³/mol. The van der Waals surface area contributed by atoms with E-state index < -0.39 is 0 Å². The Morgan fingerprint density at radius 1 is 1.34 bits per heavy atom. The summed E-state index contributed by atoms with van der Waals surface area (Å²) in [6.07, 6.45) is 1.24. The van der Waals surface area contributed by atoms with Gasteiger partial charge in [0.05, 0.1) is 12.0 Å². The van der Waals surface area contributed by atoms with Crippen LogP contribution in [0.1, 0.15) is 11.1 Å². The van der Waals surface area contributed by atoms with Crippen LogP contribution in [0.5, 0.6) is 11.5 Å². The van der Waals surface area contributed by atoms with E-state index in [1.165, 1.54) is 41.4 Å². The normalized spacial score (nSPS) is 11.1. The molecule has 0 aliphatic rings. The van der Waals surface area contributed by atoms with Crippen LogP contribution in [0.3, 0.4) is 0 Å². The topological polar surface area (TPSA) is 112 Å². The third-order valence-corrected chi connectivity index (χ3v) is 7.12. The number of carbonyl (C=O) groups excluding carboxylic acids is 1. The molecule has 0 aliphatic heterocycles. The van der Waals surface area contributed by atoms with Crippen molar-refractivity contribution in [2.75, 3.05) is 5.75 Å². The Morgan fingerprint density at radius 2 is 2.17 bits per heavy atom. The van der Waals surface area contributed by atoms with Crippen LogP contribution in [-0.2, 0) is 10.5 Å². The molecular weight excluding hydrogens is 452 g/mol. The molecule has 0 saturated heterocycles. The molecule has 0 radical (unpaired) electrons. The summed E-state index contributed by atoms with van der Waals surface area (Å²) in [7, 11) is 0. The van der Waals surface area contributed by atoms with Crippen LogP contribution in [-0.4, -0.2) is 28.1 Å². The van der Waals surface area contributed by atoms with Gasteiger partial charge in [-0.2, -0.15) is 5.10 Å². The molecule has 29 heavy (non-hydrogen) atoms. The lowest BCUT2D eigenvalue weighted by Gasteiger charge is -2.09. The first-order chi connectivity index (χ1) is 14.0. The van der Waals surface area contributed by atoms with Crippen molar-refractivity contribution in [3.8, 4) is 11.5 Å². The molecule has 1 amide bonds. The molecule has 1 aromatic heterocycles. The molecule has 11 heteroatoms. The van der Waals surface area contributed by atoms with Gasteiger partial charge in [0.1, 0.15) is 5.75 Å². The van der Waals surface area contributed by atoms with Crippen LogP contribution >= 0.6 is 46.5 Å². The van der Waals surface area contributed by atoms with Gasteiger partial charge in [0.25, 0.3) is 5.91 Å². The molecule has 3 N–H and O–H groups in total. The average molecular weight is 467 g/mol. The largest absolute Gasteiger partial charge is 0.872 e. The average Bonchev–Trinajstić information content (AvgIpc) is 3.15. The number of nitrogens with one attached hydrogen (secondary N) is 2. The highest BCUT2D eigenvalue weighted by Crippen LogP contribution is 2.30. The molecule has 150 valence electrons. The lowest BCUT2D eigenvalue weighted by molar-refractivity contribution is -0.492. The van der Waals surface area contributed by atoms with Crippen molar-refractivity contribution in [1.29, 1.82) is 0 Å². The lowest BCUT2D eigenvalue weighted by Crippen LogP contribution is -2.19. The van der Waals surface area contributed by atoms with Gasteiger partial charge in [-0.25, -0.2) is 5.43 Å². The fraction of sp³-hybridized carbons (Fsp3) is 0.111. The number of amides is 1. The number of rotatable bonds is 8. The first-order valence-electron chi connectivity index (χ1n) is 8.20. The SMILES string of the molecule is O=C(CSc1n[nH+]c(SCc2ccccc2Cl)s1)NN=Cc1ccc(O)cc1[O-]. The van der Waals surface area contributed by atoms with Crippen LogP contribution < -0.4 is 15.6 Å². The number of carbonyl (C=O) groups is 1. The molecule has 0 aliphatic carbocycles. The molecular formula is C18H15ClN4O3S3. The van der Waals surface area contributed by atoms with Crippen LogP contribution in [0.15, 0.2) is 56.2 Å². The van der Waals surface area contributed by atoms with Crippen molar-refractivity contribution in [2.24, 2.45) is 5.10 Å². The van der Waals surface area contributed by atoms with Gasteiger partial charge >= 0.3 is 4.34 Å². The fourth-order valence-corrected chi connectivity index (χ4v) is 5.23. The first kappa shape index (κ1) is 21.4. The molecule has 0 bridgehead atoms. The van der Waals surface area contributed by atoms with Crippen LogP contribution in [0, 0.1) is 0 Å². The zero-order chi connectivity index (χ0) is 20.6. The highest BCUT2D eigenvalue weighted by molar-refractivity contribution is 8.03. The van der Waals surface area contributed by atoms with E-state index in [1.807, 2.05) is 24.3 Å². The summed E-state index contributed by atoms with van der Waals surface area (Å²) in [6, 6.07) is 11.6. The second-order valence-corrected chi connectivity index (χ2v) is 9.44. The number of hydrogen-bond donors (Lipinski definition) is 2. The van der Waals surface area contributed by atoms with E-state index >= 15 is 0 Å². The first-order valence-corrected chi connectivity index (χ1v) is 11.4. The van der Waals surface area contributed by atoms with Crippen molar-refractivity contribution < 1.29 is 20.1 Å². The highest BCUT2D eigenvalue weighted by Gasteiger charge is 2.14. The van der Waals surface area contributed by atoms with Crippen molar-refractivity contribution in [1.82, 2.24) is 10.5 Å². The number of phenols is 1. The molecule has 3 aromatic rings. The van der Waals surface area contributed by atoms with E-state index in [0.29, 0.717) is 0 Å². The second kappa shape index (κ2) is 10.5. The Hall–Kier alpha value is -2.27. The number of nitrogens with zero attached hydrogens (tertiary/aromatic N) is 2. The van der Waals surface area contributed by atoms with Gasteiger partial charge in [0.15, 0.2) is 0 Å². The summed E-state index contributed by atoms with van der Waals surface area (Å²) in [6.45, 7) is 0. The van der Waals surface area contributed by atoms with Crippen LogP contribution in [0.25, 0.3) is 0 Å². The van der Waals surface area contributed by atoms with Gasteiger partial charge < -0.3 is 10.2 Å². The summed E-state index contributed by atoms with van der Waals surface area (Å²) in [5, 5.41) is 32.4. The molecule has 0 unspecified atom stereocenters. The van der Waals surface area contributed by atoms with E-state index in [4.69, 9.17) is 11.6 Å². The molecule has 0 fully saturated rings. The fourth-order valence-electron chi connectivity index (χ4n) is 2.06. The van der Waals surface area contributed by atoms with Crippen molar-refractivity contribution in [2.45, 2.75) is 14.4 Å². The van der Waals surface area contributed by atoms with Crippen molar-refractivity contribution >= 4 is 58.6 Å². The van der Waals surface area contributed by atoms with Crippen LogP contribution in [0.4, 0.5) is 0 Å². The number of thioether (sulfide) groups is 2. The van der Waals surface area contributed by atoms with E-state index in [2.05, 4.69) is 20.7 Å². The number of H-pyrrole nitrogens is 1. The van der Waals surface area contributed by atoms with Gasteiger partial charge in [0, 0.05) is 15.9 Å². The predicted octanol–water partition coefficient (Wildman–Crippen LogP) is 2.92. The number of phenolic OH excluding ortho intramolecular Hbond substituents is 1. The summed E-state index contributed by atoms with van der Waals surface area (Å²) < 4.78 is 1.65. The molecule has 3 rings (SSSR count). The molecule has 0 atom stereocenters. The van der Waals surface area contributed by atoms with E-state index in [-0.39, 0.29) is 28.7 Å². The van der Waals surface area contributed by atoms with Gasteiger partial charge in [-0.05, 0) is 52.4 Å². The highest BCUT2D eigenvalue weighted by atomic mass is 35.5. The van der Waals surface area contributed by atoms with E-state index in [9.17, 15) is 15.0 Å². The molecule has 0 spiro atoms. The van der Waals surface area contributed by atoms with Gasteiger partial charge in [0.2, 0.25) is 4.34 Å². The number of benzene rings is 2. The minimum absolute atomic E-state index is 0.114. The minimum atomic E-state index is -0.377. The van der Waals surface area contributed by atoms with E-state index in [1.54, 1.807) is 11.8 Å². The Kier molecular flexibility index (Phi) is 7.76. The van der Waals surface area contributed by atoms with Gasteiger partial charge in [-0.1, -0.05) is 58.5 Å². The maximum Gasteiger partial charge on any atom is 0.323 e. The maximum atomic E-state index is 11.9. The summed E-state index contributed by atoms with van der Waals surface area (Å²) in [5.74, 6) is 0.0386. The number of halogens is 1.